The van der Waals surface area contributed by atoms with Crippen LogP contribution in [0.3, 0.4) is 0 Å². The second-order valence-electron chi connectivity index (χ2n) is 4.09. The summed E-state index contributed by atoms with van der Waals surface area (Å²) < 4.78 is 5.75. The minimum atomic E-state index is 0.0580. The van der Waals surface area contributed by atoms with E-state index in [0.29, 0.717) is 0 Å². The zero-order chi connectivity index (χ0) is 11.5. The van der Waals surface area contributed by atoms with E-state index in [1.807, 2.05) is 50.2 Å². The molecule has 0 radical (unpaired) electrons. The van der Waals surface area contributed by atoms with Gasteiger partial charge in [0.15, 0.2) is 0 Å². The van der Waals surface area contributed by atoms with Crippen molar-refractivity contribution in [3.8, 4) is 5.75 Å². The molecular weight excluding hydrogens is 200 g/mol. The second kappa shape index (κ2) is 4.54. The van der Waals surface area contributed by atoms with Gasteiger partial charge in [-0.05, 0) is 30.9 Å². The van der Waals surface area contributed by atoms with E-state index in [1.165, 1.54) is 0 Å². The number of hydrogen-bond donors (Lipinski definition) is 1. The number of ether oxygens (including phenoxy) is 1. The third-order valence-electron chi connectivity index (χ3n) is 2.51. The molecule has 2 aromatic carbocycles. The predicted molar refractivity (Wildman–Crippen MR) is 65.6 cm³/mol. The molecule has 0 aliphatic rings. The molecule has 0 fully saturated rings. The van der Waals surface area contributed by atoms with Crippen molar-refractivity contribution in [1.82, 2.24) is 0 Å². The van der Waals surface area contributed by atoms with Gasteiger partial charge in [0, 0.05) is 5.39 Å². The summed E-state index contributed by atoms with van der Waals surface area (Å²) in [5.74, 6) is 0.878. The molecule has 2 rings (SSSR count). The van der Waals surface area contributed by atoms with Gasteiger partial charge in [-0.25, -0.2) is 0 Å². The van der Waals surface area contributed by atoms with Crippen LogP contribution in [0.1, 0.15) is 19.4 Å². The molecule has 16 heavy (non-hydrogen) atoms. The summed E-state index contributed by atoms with van der Waals surface area (Å²) in [5, 5.41) is 11.4. The zero-order valence-corrected chi connectivity index (χ0v) is 9.60. The predicted octanol–water partition coefficient (Wildman–Crippen LogP) is 3.12. The van der Waals surface area contributed by atoms with E-state index in [0.717, 1.165) is 22.1 Å². The van der Waals surface area contributed by atoms with Crippen LogP contribution in [-0.4, -0.2) is 11.2 Å². The van der Waals surface area contributed by atoms with E-state index in [4.69, 9.17) is 4.74 Å². The molecule has 2 heteroatoms. The minimum absolute atomic E-state index is 0.0580. The Morgan fingerprint density at radius 2 is 1.75 bits per heavy atom. The highest BCUT2D eigenvalue weighted by Gasteiger charge is 2.06. The third-order valence-corrected chi connectivity index (χ3v) is 2.51. The molecule has 0 unspecified atom stereocenters. The van der Waals surface area contributed by atoms with Crippen LogP contribution in [0.15, 0.2) is 36.4 Å². The molecule has 0 aliphatic carbocycles. The maximum atomic E-state index is 9.27. The first kappa shape index (κ1) is 11.0. The molecule has 2 nitrogen and oxygen atoms in total. The van der Waals surface area contributed by atoms with Gasteiger partial charge in [-0.3, -0.25) is 0 Å². The van der Waals surface area contributed by atoms with Gasteiger partial charge < -0.3 is 9.84 Å². The molecule has 0 amide bonds. The average Bonchev–Trinajstić information content (AvgIpc) is 2.29. The molecule has 0 aliphatic heterocycles. The van der Waals surface area contributed by atoms with Gasteiger partial charge in [-0.1, -0.05) is 30.3 Å². The summed E-state index contributed by atoms with van der Waals surface area (Å²) >= 11 is 0. The highest BCUT2D eigenvalue weighted by Crippen LogP contribution is 2.29. The lowest BCUT2D eigenvalue weighted by Gasteiger charge is -2.13. The Kier molecular flexibility index (Phi) is 3.11. The number of hydrogen-bond acceptors (Lipinski definition) is 2. The molecule has 0 heterocycles. The zero-order valence-electron chi connectivity index (χ0n) is 9.60. The van der Waals surface area contributed by atoms with Gasteiger partial charge in [0.2, 0.25) is 0 Å². The third kappa shape index (κ3) is 2.02. The van der Waals surface area contributed by atoms with Crippen molar-refractivity contribution in [2.45, 2.75) is 26.6 Å². The Bertz CT molecular complexity index is 489. The van der Waals surface area contributed by atoms with Crippen LogP contribution in [0, 0.1) is 0 Å². The smallest absolute Gasteiger partial charge is 0.127 e. The number of rotatable bonds is 3. The fourth-order valence-corrected chi connectivity index (χ4v) is 1.83. The normalized spacial score (nSPS) is 11.0. The van der Waals surface area contributed by atoms with Gasteiger partial charge in [0.05, 0.1) is 12.7 Å². The van der Waals surface area contributed by atoms with Crippen molar-refractivity contribution in [3.05, 3.63) is 42.0 Å². The summed E-state index contributed by atoms with van der Waals surface area (Å²) in [6.45, 7) is 4.08. The Morgan fingerprint density at radius 3 is 2.38 bits per heavy atom. The lowest BCUT2D eigenvalue weighted by atomic mass is 10.0. The van der Waals surface area contributed by atoms with Crippen LogP contribution < -0.4 is 4.74 Å². The van der Waals surface area contributed by atoms with Crippen molar-refractivity contribution >= 4 is 10.8 Å². The van der Waals surface area contributed by atoms with E-state index in [9.17, 15) is 5.11 Å². The first-order valence-corrected chi connectivity index (χ1v) is 5.50. The SMILES string of the molecule is CC(C)Oc1ccc(CO)c2ccccc12. The first-order chi connectivity index (χ1) is 7.72. The van der Waals surface area contributed by atoms with Crippen LogP contribution >= 0.6 is 0 Å². The van der Waals surface area contributed by atoms with Crippen molar-refractivity contribution in [1.29, 1.82) is 0 Å². The van der Waals surface area contributed by atoms with Crippen LogP contribution in [0.25, 0.3) is 10.8 Å². The highest BCUT2D eigenvalue weighted by molar-refractivity contribution is 5.91. The Hall–Kier alpha value is -1.54. The summed E-state index contributed by atoms with van der Waals surface area (Å²) in [7, 11) is 0. The van der Waals surface area contributed by atoms with Crippen LogP contribution in [-0.2, 0) is 6.61 Å². The molecule has 0 aromatic heterocycles. The van der Waals surface area contributed by atoms with Gasteiger partial charge in [-0.2, -0.15) is 0 Å². The van der Waals surface area contributed by atoms with Gasteiger partial charge in [-0.15, -0.1) is 0 Å². The standard InChI is InChI=1S/C14H16O2/c1-10(2)16-14-8-7-11(9-15)12-5-3-4-6-13(12)14/h3-8,10,15H,9H2,1-2H3. The number of benzene rings is 2. The van der Waals surface area contributed by atoms with Crippen LogP contribution in [0.2, 0.25) is 0 Å². The quantitative estimate of drug-likeness (QED) is 0.854. The Balaban J connectivity index is 2.60. The number of aliphatic hydroxyl groups is 1. The van der Waals surface area contributed by atoms with Crippen molar-refractivity contribution in [2.24, 2.45) is 0 Å². The highest BCUT2D eigenvalue weighted by atomic mass is 16.5. The van der Waals surface area contributed by atoms with E-state index in [1.54, 1.807) is 0 Å². The minimum Gasteiger partial charge on any atom is -0.490 e. The van der Waals surface area contributed by atoms with Crippen LogP contribution in [0.5, 0.6) is 5.75 Å². The van der Waals surface area contributed by atoms with E-state index in [-0.39, 0.29) is 12.7 Å². The molecule has 84 valence electrons. The average molecular weight is 216 g/mol. The molecule has 0 atom stereocenters. The maximum absolute atomic E-state index is 9.27. The molecular formula is C14H16O2. The van der Waals surface area contributed by atoms with Crippen molar-refractivity contribution in [3.63, 3.8) is 0 Å². The molecule has 0 saturated heterocycles. The summed E-state index contributed by atoms with van der Waals surface area (Å²) in [4.78, 5) is 0. The largest absolute Gasteiger partial charge is 0.490 e. The van der Waals surface area contributed by atoms with Gasteiger partial charge >= 0.3 is 0 Å². The number of aliphatic hydroxyl groups excluding tert-OH is 1. The lowest BCUT2D eigenvalue weighted by Crippen LogP contribution is -2.06. The molecule has 2 aromatic rings. The fourth-order valence-electron chi connectivity index (χ4n) is 1.83. The van der Waals surface area contributed by atoms with Crippen molar-refractivity contribution < 1.29 is 9.84 Å². The topological polar surface area (TPSA) is 29.5 Å². The Labute approximate surface area is 95.5 Å². The van der Waals surface area contributed by atoms with Gasteiger partial charge in [0.1, 0.15) is 5.75 Å². The fraction of sp³-hybridized carbons (Fsp3) is 0.286. The monoisotopic (exact) mass is 216 g/mol. The number of fused-ring (bicyclic) bond motifs is 1. The molecule has 0 bridgehead atoms. The van der Waals surface area contributed by atoms with E-state index >= 15 is 0 Å². The second-order valence-corrected chi connectivity index (χ2v) is 4.09. The lowest BCUT2D eigenvalue weighted by molar-refractivity contribution is 0.245. The summed E-state index contributed by atoms with van der Waals surface area (Å²) in [6.07, 6.45) is 0.156. The molecule has 0 spiro atoms. The molecule has 1 N–H and O–H groups in total. The summed E-state index contributed by atoms with van der Waals surface area (Å²) in [5.41, 5.74) is 0.937. The Morgan fingerprint density at radius 1 is 1.06 bits per heavy atom. The van der Waals surface area contributed by atoms with E-state index in [2.05, 4.69) is 0 Å². The van der Waals surface area contributed by atoms with Crippen molar-refractivity contribution in [2.75, 3.05) is 0 Å². The van der Waals surface area contributed by atoms with Gasteiger partial charge in [0.25, 0.3) is 0 Å². The van der Waals surface area contributed by atoms with E-state index < -0.39 is 0 Å². The maximum Gasteiger partial charge on any atom is 0.127 e. The molecule has 0 saturated carbocycles. The summed E-state index contributed by atoms with van der Waals surface area (Å²) in [6, 6.07) is 11.8. The first-order valence-electron chi connectivity index (χ1n) is 5.50. The van der Waals surface area contributed by atoms with Crippen LogP contribution in [0.4, 0.5) is 0 Å².